The minimum Gasteiger partial charge on any atom is -0.497 e. The van der Waals surface area contributed by atoms with Crippen LogP contribution >= 0.6 is 0 Å². The lowest BCUT2D eigenvalue weighted by molar-refractivity contribution is 0.341. The lowest BCUT2D eigenvalue weighted by Crippen LogP contribution is -2.43. The summed E-state index contributed by atoms with van der Waals surface area (Å²) < 4.78 is 5.26. The van der Waals surface area contributed by atoms with E-state index in [0.717, 1.165) is 17.9 Å². The van der Waals surface area contributed by atoms with Crippen molar-refractivity contribution in [3.63, 3.8) is 0 Å². The molecule has 0 aliphatic carbocycles. The Morgan fingerprint density at radius 3 is 2.81 bits per heavy atom. The van der Waals surface area contributed by atoms with Crippen molar-refractivity contribution in [2.24, 2.45) is 0 Å². The van der Waals surface area contributed by atoms with Crippen LogP contribution in [0.15, 0.2) is 18.2 Å². The van der Waals surface area contributed by atoms with Crippen molar-refractivity contribution in [3.8, 4) is 5.75 Å². The van der Waals surface area contributed by atoms with Crippen LogP contribution in [-0.4, -0.2) is 25.3 Å². The van der Waals surface area contributed by atoms with Gasteiger partial charge in [0, 0.05) is 19.2 Å². The zero-order chi connectivity index (χ0) is 11.7. The SMILES string of the molecule is CCC(C)N1c2cc(OC)ccc2NN1C. The highest BCUT2D eigenvalue weighted by molar-refractivity contribution is 5.75. The Bertz CT molecular complexity index is 377. The number of nitrogens with one attached hydrogen (secondary N) is 1. The first-order chi connectivity index (χ1) is 7.67. The van der Waals surface area contributed by atoms with Crippen LogP contribution in [0.2, 0.25) is 0 Å². The molecule has 0 fully saturated rings. The van der Waals surface area contributed by atoms with Gasteiger partial charge in [0.05, 0.1) is 18.5 Å². The molecule has 1 unspecified atom stereocenters. The highest BCUT2D eigenvalue weighted by Gasteiger charge is 2.27. The number of fused-ring (bicyclic) bond motifs is 1. The van der Waals surface area contributed by atoms with Crippen LogP contribution in [-0.2, 0) is 0 Å². The van der Waals surface area contributed by atoms with Gasteiger partial charge in [-0.15, -0.1) is 5.12 Å². The quantitative estimate of drug-likeness (QED) is 0.848. The molecule has 1 atom stereocenters. The number of benzene rings is 1. The molecule has 0 bridgehead atoms. The van der Waals surface area contributed by atoms with Crippen LogP contribution in [0.25, 0.3) is 0 Å². The molecule has 0 aromatic heterocycles. The van der Waals surface area contributed by atoms with E-state index >= 15 is 0 Å². The third-order valence-electron chi connectivity index (χ3n) is 3.07. The molecule has 1 aromatic rings. The van der Waals surface area contributed by atoms with E-state index in [1.165, 1.54) is 5.69 Å². The molecule has 0 radical (unpaired) electrons. The van der Waals surface area contributed by atoms with Crippen molar-refractivity contribution in [1.82, 2.24) is 5.12 Å². The first kappa shape index (κ1) is 11.1. The van der Waals surface area contributed by atoms with E-state index in [4.69, 9.17) is 4.74 Å². The van der Waals surface area contributed by atoms with Crippen LogP contribution < -0.4 is 15.2 Å². The average Bonchev–Trinajstić information content (AvgIpc) is 2.63. The molecule has 1 aliphatic heterocycles. The molecule has 1 N–H and O–H groups in total. The number of methoxy groups -OCH3 is 1. The van der Waals surface area contributed by atoms with Crippen LogP contribution in [0.3, 0.4) is 0 Å². The number of nitrogens with zero attached hydrogens (tertiary/aromatic N) is 2. The maximum atomic E-state index is 5.26. The van der Waals surface area contributed by atoms with Gasteiger partial charge in [-0.25, -0.2) is 0 Å². The Morgan fingerprint density at radius 1 is 1.44 bits per heavy atom. The number of rotatable bonds is 3. The maximum absolute atomic E-state index is 5.26. The number of hydrazine groups is 2. The van der Waals surface area contributed by atoms with Crippen molar-refractivity contribution < 1.29 is 4.74 Å². The smallest absolute Gasteiger partial charge is 0.121 e. The third-order valence-corrected chi connectivity index (χ3v) is 3.07. The Morgan fingerprint density at radius 2 is 2.19 bits per heavy atom. The first-order valence-corrected chi connectivity index (χ1v) is 5.65. The monoisotopic (exact) mass is 221 g/mol. The van der Waals surface area contributed by atoms with Gasteiger partial charge in [0.1, 0.15) is 5.75 Å². The Balaban J connectivity index is 2.37. The number of hydrogen-bond donors (Lipinski definition) is 1. The molecular weight excluding hydrogens is 202 g/mol. The first-order valence-electron chi connectivity index (χ1n) is 5.65. The Kier molecular flexibility index (Phi) is 2.92. The summed E-state index contributed by atoms with van der Waals surface area (Å²) in [7, 11) is 3.72. The van der Waals surface area contributed by atoms with Crippen molar-refractivity contribution in [3.05, 3.63) is 18.2 Å². The maximum Gasteiger partial charge on any atom is 0.121 e. The van der Waals surface area contributed by atoms with Crippen molar-refractivity contribution >= 4 is 11.4 Å². The van der Waals surface area contributed by atoms with E-state index < -0.39 is 0 Å². The molecule has 0 saturated carbocycles. The lowest BCUT2D eigenvalue weighted by atomic mass is 10.2. The molecule has 4 nitrogen and oxygen atoms in total. The minimum absolute atomic E-state index is 0.464. The predicted molar refractivity (Wildman–Crippen MR) is 66.6 cm³/mol. The lowest BCUT2D eigenvalue weighted by Gasteiger charge is -2.31. The number of hydrogen-bond acceptors (Lipinski definition) is 4. The van der Waals surface area contributed by atoms with Crippen LogP contribution in [0.1, 0.15) is 20.3 Å². The average molecular weight is 221 g/mol. The van der Waals surface area contributed by atoms with Crippen LogP contribution in [0.4, 0.5) is 11.4 Å². The predicted octanol–water partition coefficient (Wildman–Crippen LogP) is 2.49. The normalized spacial score (nSPS) is 16.9. The molecule has 0 saturated heterocycles. The molecule has 16 heavy (non-hydrogen) atoms. The van der Waals surface area contributed by atoms with Crippen LogP contribution in [0.5, 0.6) is 5.75 Å². The fourth-order valence-corrected chi connectivity index (χ4v) is 2.02. The largest absolute Gasteiger partial charge is 0.497 e. The molecule has 1 aliphatic rings. The molecule has 4 heteroatoms. The molecule has 1 aromatic carbocycles. The van der Waals surface area contributed by atoms with E-state index in [2.05, 4.69) is 30.3 Å². The van der Waals surface area contributed by atoms with E-state index in [0.29, 0.717) is 6.04 Å². The summed E-state index contributed by atoms with van der Waals surface area (Å²) in [5, 5.41) is 4.27. The second kappa shape index (κ2) is 4.22. The number of anilines is 2. The van der Waals surface area contributed by atoms with Crippen molar-refractivity contribution in [1.29, 1.82) is 0 Å². The molecular formula is C12H19N3O. The van der Waals surface area contributed by atoms with E-state index in [-0.39, 0.29) is 0 Å². The summed E-state index contributed by atoms with van der Waals surface area (Å²) in [6, 6.07) is 6.55. The fraction of sp³-hybridized carbons (Fsp3) is 0.500. The zero-order valence-corrected chi connectivity index (χ0v) is 10.3. The zero-order valence-electron chi connectivity index (χ0n) is 10.3. The molecule has 0 spiro atoms. The van der Waals surface area contributed by atoms with E-state index in [1.807, 2.05) is 24.3 Å². The van der Waals surface area contributed by atoms with Gasteiger partial charge in [-0.1, -0.05) is 6.92 Å². The standard InChI is InChI=1S/C12H19N3O/c1-5-9(2)15-12-8-10(16-4)6-7-11(12)13-14(15)3/h6-9,13H,5H2,1-4H3. The summed E-state index contributed by atoms with van der Waals surface area (Å²) in [5.74, 6) is 0.893. The van der Waals surface area contributed by atoms with Gasteiger partial charge in [0.25, 0.3) is 0 Å². The fourth-order valence-electron chi connectivity index (χ4n) is 2.02. The molecule has 88 valence electrons. The third kappa shape index (κ3) is 1.69. The van der Waals surface area contributed by atoms with Gasteiger partial charge in [-0.2, -0.15) is 0 Å². The second-order valence-electron chi connectivity index (χ2n) is 4.12. The summed E-state index contributed by atoms with van der Waals surface area (Å²) in [5.41, 5.74) is 5.62. The van der Waals surface area contributed by atoms with Crippen molar-refractivity contribution in [2.75, 3.05) is 24.6 Å². The van der Waals surface area contributed by atoms with E-state index in [1.54, 1.807) is 7.11 Å². The highest BCUT2D eigenvalue weighted by Crippen LogP contribution is 2.37. The van der Waals surface area contributed by atoms with Gasteiger partial charge in [0.2, 0.25) is 0 Å². The number of ether oxygens (including phenoxy) is 1. The summed E-state index contributed by atoms with van der Waals surface area (Å²) in [6.07, 6.45) is 1.10. The summed E-state index contributed by atoms with van der Waals surface area (Å²) >= 11 is 0. The van der Waals surface area contributed by atoms with Gasteiger partial charge < -0.3 is 4.74 Å². The second-order valence-corrected chi connectivity index (χ2v) is 4.12. The summed E-state index contributed by atoms with van der Waals surface area (Å²) in [6.45, 7) is 4.41. The van der Waals surface area contributed by atoms with E-state index in [9.17, 15) is 0 Å². The minimum atomic E-state index is 0.464. The van der Waals surface area contributed by atoms with Gasteiger partial charge in [-0.3, -0.25) is 10.4 Å². The van der Waals surface area contributed by atoms with Gasteiger partial charge in [0.15, 0.2) is 0 Å². The van der Waals surface area contributed by atoms with Gasteiger partial charge in [-0.05, 0) is 25.5 Å². The van der Waals surface area contributed by atoms with Crippen molar-refractivity contribution in [2.45, 2.75) is 26.3 Å². The summed E-state index contributed by atoms with van der Waals surface area (Å²) in [4.78, 5) is 0. The molecule has 2 rings (SSSR count). The Labute approximate surface area is 96.7 Å². The molecule has 0 amide bonds. The van der Waals surface area contributed by atoms with Crippen LogP contribution in [0, 0.1) is 0 Å². The highest BCUT2D eigenvalue weighted by atomic mass is 16.5. The Hall–Kier alpha value is -1.42. The topological polar surface area (TPSA) is 27.7 Å². The van der Waals surface area contributed by atoms with Gasteiger partial charge >= 0.3 is 0 Å². The molecule has 1 heterocycles.